The molecule has 0 aromatic carbocycles. The van der Waals surface area contributed by atoms with Gasteiger partial charge in [-0.05, 0) is 38.5 Å². The lowest BCUT2D eigenvalue weighted by Gasteiger charge is -2.39. The fourth-order valence-corrected chi connectivity index (χ4v) is 3.27. The normalized spacial score (nSPS) is 44.0. The van der Waals surface area contributed by atoms with Crippen LogP contribution >= 0.6 is 0 Å². The van der Waals surface area contributed by atoms with Gasteiger partial charge in [0.2, 0.25) is 0 Å². The lowest BCUT2D eigenvalue weighted by molar-refractivity contribution is 0.0404. The van der Waals surface area contributed by atoms with Crippen LogP contribution in [0.5, 0.6) is 0 Å². The third-order valence-electron chi connectivity index (χ3n) is 4.58. The summed E-state index contributed by atoms with van der Waals surface area (Å²) in [7, 11) is 0. The van der Waals surface area contributed by atoms with E-state index in [0.29, 0.717) is 30.1 Å². The molecule has 3 N–H and O–H groups in total. The fourth-order valence-electron chi connectivity index (χ4n) is 3.27. The molecule has 1 aliphatic carbocycles. The average Bonchev–Trinajstić information content (AvgIpc) is 2.35. The van der Waals surface area contributed by atoms with Crippen LogP contribution in [0, 0.1) is 17.8 Å². The van der Waals surface area contributed by atoms with Gasteiger partial charge in [0.1, 0.15) is 0 Å². The molecular formula is C12H24N2O. The summed E-state index contributed by atoms with van der Waals surface area (Å²) < 4.78 is 5.89. The highest BCUT2D eigenvalue weighted by Crippen LogP contribution is 2.41. The second kappa shape index (κ2) is 4.40. The molecule has 2 fully saturated rings. The van der Waals surface area contributed by atoms with Gasteiger partial charge in [0.15, 0.2) is 0 Å². The van der Waals surface area contributed by atoms with Crippen LogP contribution in [0.3, 0.4) is 0 Å². The minimum atomic E-state index is 0.344. The maximum atomic E-state index is 5.89. The highest BCUT2D eigenvalue weighted by atomic mass is 16.5. The van der Waals surface area contributed by atoms with E-state index in [9.17, 15) is 0 Å². The van der Waals surface area contributed by atoms with Crippen LogP contribution in [0.2, 0.25) is 0 Å². The first kappa shape index (κ1) is 11.4. The Morgan fingerprint density at radius 2 is 1.87 bits per heavy atom. The molecule has 0 radical (unpaired) electrons. The minimum Gasteiger partial charge on any atom is -0.375 e. The van der Waals surface area contributed by atoms with Gasteiger partial charge in [-0.25, -0.2) is 0 Å². The van der Waals surface area contributed by atoms with Crippen molar-refractivity contribution in [3.8, 4) is 0 Å². The Balaban J connectivity index is 2.05. The zero-order chi connectivity index (χ0) is 11.0. The van der Waals surface area contributed by atoms with Gasteiger partial charge in [0.05, 0.1) is 12.2 Å². The summed E-state index contributed by atoms with van der Waals surface area (Å²) in [4.78, 5) is 0. The summed E-state index contributed by atoms with van der Waals surface area (Å²) in [6.45, 7) is 6.66. The van der Waals surface area contributed by atoms with Gasteiger partial charge >= 0.3 is 0 Å². The summed E-state index contributed by atoms with van der Waals surface area (Å²) in [5.74, 6) is 7.70. The standard InChI is InChI=1S/C12H24N2O/c1-7-8(2)15-9(3)11(7)12(14-13)10-5-4-6-10/h7-12,14H,4-6,13H2,1-3H3. The molecule has 0 bridgehead atoms. The first-order valence-corrected chi connectivity index (χ1v) is 6.26. The molecule has 5 atom stereocenters. The van der Waals surface area contributed by atoms with Gasteiger partial charge in [-0.1, -0.05) is 13.3 Å². The number of hydrogen-bond acceptors (Lipinski definition) is 3. The van der Waals surface area contributed by atoms with Gasteiger partial charge < -0.3 is 4.74 Å². The zero-order valence-corrected chi connectivity index (χ0v) is 10.1. The van der Waals surface area contributed by atoms with Gasteiger partial charge in [-0.2, -0.15) is 0 Å². The predicted molar refractivity (Wildman–Crippen MR) is 61.1 cm³/mol. The Bertz CT molecular complexity index is 218. The van der Waals surface area contributed by atoms with Crippen molar-refractivity contribution in [2.24, 2.45) is 23.6 Å². The molecule has 1 aliphatic heterocycles. The maximum absolute atomic E-state index is 5.89. The van der Waals surface area contributed by atoms with Crippen LogP contribution in [0.4, 0.5) is 0 Å². The number of nitrogens with two attached hydrogens (primary N) is 1. The van der Waals surface area contributed by atoms with Crippen LogP contribution in [-0.2, 0) is 4.74 Å². The van der Waals surface area contributed by atoms with Crippen LogP contribution in [0.15, 0.2) is 0 Å². The Morgan fingerprint density at radius 3 is 2.20 bits per heavy atom. The smallest absolute Gasteiger partial charge is 0.0597 e. The van der Waals surface area contributed by atoms with E-state index in [1.165, 1.54) is 19.3 Å². The molecule has 0 aromatic rings. The molecule has 2 rings (SSSR count). The molecule has 1 saturated heterocycles. The van der Waals surface area contributed by atoms with E-state index in [0.717, 1.165) is 5.92 Å². The molecule has 3 heteroatoms. The predicted octanol–water partition coefficient (Wildman–Crippen LogP) is 1.68. The van der Waals surface area contributed by atoms with Crippen LogP contribution in [-0.4, -0.2) is 18.2 Å². The van der Waals surface area contributed by atoms with Crippen molar-refractivity contribution in [3.63, 3.8) is 0 Å². The Kier molecular flexibility index (Phi) is 3.33. The van der Waals surface area contributed by atoms with Crippen LogP contribution < -0.4 is 11.3 Å². The summed E-state index contributed by atoms with van der Waals surface area (Å²) in [5, 5.41) is 0. The third-order valence-corrected chi connectivity index (χ3v) is 4.58. The number of ether oxygens (including phenoxy) is 1. The quantitative estimate of drug-likeness (QED) is 0.553. The second-order valence-electron chi connectivity index (χ2n) is 5.37. The summed E-state index contributed by atoms with van der Waals surface area (Å²) in [6.07, 6.45) is 4.75. The molecule has 1 heterocycles. The minimum absolute atomic E-state index is 0.344. The molecule has 0 aromatic heterocycles. The van der Waals surface area contributed by atoms with Crippen molar-refractivity contribution in [1.29, 1.82) is 0 Å². The zero-order valence-electron chi connectivity index (χ0n) is 10.1. The molecule has 1 saturated carbocycles. The molecule has 5 unspecified atom stereocenters. The number of nitrogens with one attached hydrogen (secondary N) is 1. The van der Waals surface area contributed by atoms with E-state index in [1.807, 2.05) is 0 Å². The topological polar surface area (TPSA) is 47.3 Å². The number of hydrogen-bond donors (Lipinski definition) is 2. The third kappa shape index (κ3) is 1.93. The highest BCUT2D eigenvalue weighted by Gasteiger charge is 2.44. The van der Waals surface area contributed by atoms with Gasteiger partial charge in [-0.3, -0.25) is 11.3 Å². The first-order chi connectivity index (χ1) is 7.15. The average molecular weight is 212 g/mol. The molecular weight excluding hydrogens is 188 g/mol. The summed E-state index contributed by atoms with van der Waals surface area (Å²) in [5.41, 5.74) is 3.05. The fraction of sp³-hybridized carbons (Fsp3) is 1.00. The summed E-state index contributed by atoms with van der Waals surface area (Å²) >= 11 is 0. The number of rotatable bonds is 3. The van der Waals surface area contributed by atoms with E-state index in [-0.39, 0.29) is 0 Å². The van der Waals surface area contributed by atoms with E-state index in [2.05, 4.69) is 26.2 Å². The van der Waals surface area contributed by atoms with Crippen molar-refractivity contribution >= 4 is 0 Å². The van der Waals surface area contributed by atoms with E-state index in [4.69, 9.17) is 10.6 Å². The molecule has 0 spiro atoms. The Labute approximate surface area is 92.7 Å². The van der Waals surface area contributed by atoms with Crippen molar-refractivity contribution in [2.75, 3.05) is 0 Å². The maximum Gasteiger partial charge on any atom is 0.0597 e. The van der Waals surface area contributed by atoms with Crippen molar-refractivity contribution in [3.05, 3.63) is 0 Å². The van der Waals surface area contributed by atoms with Crippen molar-refractivity contribution in [2.45, 2.75) is 58.3 Å². The van der Waals surface area contributed by atoms with Gasteiger partial charge in [0, 0.05) is 12.0 Å². The Hall–Kier alpha value is -0.120. The molecule has 88 valence electrons. The lowest BCUT2D eigenvalue weighted by atomic mass is 9.70. The summed E-state index contributed by atoms with van der Waals surface area (Å²) in [6, 6.07) is 0.452. The highest BCUT2D eigenvalue weighted by molar-refractivity contribution is 4.95. The van der Waals surface area contributed by atoms with Crippen molar-refractivity contribution < 1.29 is 4.74 Å². The Morgan fingerprint density at radius 1 is 1.20 bits per heavy atom. The number of hydrazine groups is 1. The molecule has 2 aliphatic rings. The van der Waals surface area contributed by atoms with Gasteiger partial charge in [0.25, 0.3) is 0 Å². The van der Waals surface area contributed by atoms with E-state index >= 15 is 0 Å². The van der Waals surface area contributed by atoms with E-state index < -0.39 is 0 Å². The second-order valence-corrected chi connectivity index (χ2v) is 5.37. The first-order valence-electron chi connectivity index (χ1n) is 6.26. The van der Waals surface area contributed by atoms with Crippen LogP contribution in [0.1, 0.15) is 40.0 Å². The largest absolute Gasteiger partial charge is 0.375 e. The molecule has 15 heavy (non-hydrogen) atoms. The lowest BCUT2D eigenvalue weighted by Crippen LogP contribution is -2.51. The monoisotopic (exact) mass is 212 g/mol. The van der Waals surface area contributed by atoms with Gasteiger partial charge in [-0.15, -0.1) is 0 Å². The molecule has 3 nitrogen and oxygen atoms in total. The SMILES string of the molecule is CC1OC(C)C(C(NN)C2CCC2)C1C. The van der Waals surface area contributed by atoms with E-state index in [1.54, 1.807) is 0 Å². The molecule has 0 amide bonds. The van der Waals surface area contributed by atoms with Crippen LogP contribution in [0.25, 0.3) is 0 Å². The van der Waals surface area contributed by atoms with Crippen molar-refractivity contribution in [1.82, 2.24) is 5.43 Å².